The summed E-state index contributed by atoms with van der Waals surface area (Å²) in [5, 5.41) is 3.28. The highest BCUT2D eigenvalue weighted by molar-refractivity contribution is 14.1. The first-order valence-corrected chi connectivity index (χ1v) is 7.93. The van der Waals surface area contributed by atoms with Crippen LogP contribution < -0.4 is 5.32 Å². The van der Waals surface area contributed by atoms with Crippen molar-refractivity contribution in [1.82, 2.24) is 0 Å². The molecule has 110 valence electrons. The van der Waals surface area contributed by atoms with E-state index in [1.807, 2.05) is 61.5 Å². The maximum Gasteiger partial charge on any atom is 0.310 e. The van der Waals surface area contributed by atoms with Gasteiger partial charge in [0.15, 0.2) is 0 Å². The fourth-order valence-electron chi connectivity index (χ4n) is 1.82. The molecule has 2 aromatic rings. The molecule has 1 atom stereocenters. The summed E-state index contributed by atoms with van der Waals surface area (Å²) in [7, 11) is 0. The van der Waals surface area contributed by atoms with Crippen molar-refractivity contribution in [2.75, 3.05) is 11.9 Å². The van der Waals surface area contributed by atoms with Crippen LogP contribution in [0.2, 0.25) is 0 Å². The van der Waals surface area contributed by atoms with Crippen molar-refractivity contribution in [3.05, 3.63) is 63.7 Å². The van der Waals surface area contributed by atoms with E-state index in [-0.39, 0.29) is 11.9 Å². The number of anilines is 1. The van der Waals surface area contributed by atoms with Crippen LogP contribution in [0.5, 0.6) is 0 Å². The fraction of sp³-hybridized carbons (Fsp3) is 0.235. The predicted octanol–water partition coefficient (Wildman–Crippen LogP) is 4.08. The van der Waals surface area contributed by atoms with Gasteiger partial charge in [0.05, 0.1) is 5.92 Å². The second-order valence-electron chi connectivity index (χ2n) is 4.86. The van der Waals surface area contributed by atoms with Crippen LogP contribution >= 0.6 is 22.6 Å². The molecule has 0 saturated carbocycles. The molecule has 4 heteroatoms. The van der Waals surface area contributed by atoms with E-state index in [0.29, 0.717) is 13.2 Å². The Labute approximate surface area is 138 Å². The summed E-state index contributed by atoms with van der Waals surface area (Å²) in [5.74, 6) is -0.373. The third-order valence-corrected chi connectivity index (χ3v) is 4.04. The Morgan fingerprint density at radius 3 is 2.52 bits per heavy atom. The van der Waals surface area contributed by atoms with Gasteiger partial charge in [0.2, 0.25) is 0 Å². The lowest BCUT2D eigenvalue weighted by atomic mass is 10.2. The van der Waals surface area contributed by atoms with E-state index in [1.54, 1.807) is 0 Å². The standard InChI is InChI=1S/C17H18INO2/c1-13(11-19-16-10-6-5-9-15(16)18)17(20)21-12-14-7-3-2-4-8-14/h2-10,13,19H,11-12H2,1H3. The maximum atomic E-state index is 12.0. The summed E-state index contributed by atoms with van der Waals surface area (Å²) in [6.07, 6.45) is 0. The molecule has 2 rings (SSSR count). The van der Waals surface area contributed by atoms with Gasteiger partial charge in [-0.25, -0.2) is 0 Å². The first-order valence-electron chi connectivity index (χ1n) is 6.86. The number of carbonyl (C=O) groups excluding carboxylic acids is 1. The predicted molar refractivity (Wildman–Crippen MR) is 93.1 cm³/mol. The molecule has 0 spiro atoms. The number of para-hydroxylation sites is 1. The molecule has 0 saturated heterocycles. The van der Waals surface area contributed by atoms with Gasteiger partial charge in [0, 0.05) is 15.8 Å². The monoisotopic (exact) mass is 395 g/mol. The minimum Gasteiger partial charge on any atom is -0.461 e. The molecule has 0 aliphatic heterocycles. The van der Waals surface area contributed by atoms with Crippen LogP contribution in [0.4, 0.5) is 5.69 Å². The quantitative estimate of drug-likeness (QED) is 0.592. The average molecular weight is 395 g/mol. The molecule has 21 heavy (non-hydrogen) atoms. The maximum absolute atomic E-state index is 12.0. The van der Waals surface area contributed by atoms with Gasteiger partial charge in [0.1, 0.15) is 6.61 Å². The van der Waals surface area contributed by atoms with E-state index in [9.17, 15) is 4.79 Å². The first-order chi connectivity index (χ1) is 10.2. The van der Waals surface area contributed by atoms with E-state index >= 15 is 0 Å². The fourth-order valence-corrected chi connectivity index (χ4v) is 2.40. The average Bonchev–Trinajstić information content (AvgIpc) is 2.52. The molecule has 0 radical (unpaired) electrons. The highest BCUT2D eigenvalue weighted by atomic mass is 127. The molecule has 0 aliphatic carbocycles. The molecule has 2 aromatic carbocycles. The second-order valence-corrected chi connectivity index (χ2v) is 6.02. The van der Waals surface area contributed by atoms with Gasteiger partial charge in [-0.2, -0.15) is 0 Å². The number of hydrogen-bond acceptors (Lipinski definition) is 3. The SMILES string of the molecule is CC(CNc1ccccc1I)C(=O)OCc1ccccc1. The first kappa shape index (κ1) is 15.8. The Kier molecular flexibility index (Phi) is 6.04. The van der Waals surface area contributed by atoms with Gasteiger partial charge in [-0.05, 0) is 40.3 Å². The Hall–Kier alpha value is -1.56. The summed E-state index contributed by atoms with van der Waals surface area (Å²) < 4.78 is 6.47. The normalized spacial score (nSPS) is 11.7. The number of ether oxygens (including phenoxy) is 1. The minimum atomic E-state index is -0.190. The summed E-state index contributed by atoms with van der Waals surface area (Å²) >= 11 is 2.27. The van der Waals surface area contributed by atoms with Crippen molar-refractivity contribution in [2.24, 2.45) is 5.92 Å². The van der Waals surface area contributed by atoms with Crippen molar-refractivity contribution in [3.8, 4) is 0 Å². The van der Waals surface area contributed by atoms with E-state index < -0.39 is 0 Å². The van der Waals surface area contributed by atoms with Gasteiger partial charge in [-0.3, -0.25) is 4.79 Å². The topological polar surface area (TPSA) is 38.3 Å². The molecule has 1 unspecified atom stereocenters. The highest BCUT2D eigenvalue weighted by Crippen LogP contribution is 2.17. The van der Waals surface area contributed by atoms with Crippen LogP contribution in [0.15, 0.2) is 54.6 Å². The Morgan fingerprint density at radius 2 is 1.81 bits per heavy atom. The molecule has 0 aromatic heterocycles. The molecule has 3 nitrogen and oxygen atoms in total. The summed E-state index contributed by atoms with van der Waals surface area (Å²) in [6.45, 7) is 2.76. The second kappa shape index (κ2) is 8.02. The van der Waals surface area contributed by atoms with E-state index in [2.05, 4.69) is 27.9 Å². The lowest BCUT2D eigenvalue weighted by Crippen LogP contribution is -2.22. The van der Waals surface area contributed by atoms with Crippen molar-refractivity contribution in [1.29, 1.82) is 0 Å². The minimum absolute atomic E-state index is 0.183. The number of esters is 1. The van der Waals surface area contributed by atoms with Gasteiger partial charge in [-0.1, -0.05) is 49.4 Å². The number of benzene rings is 2. The van der Waals surface area contributed by atoms with Crippen molar-refractivity contribution in [3.63, 3.8) is 0 Å². The molecule has 0 heterocycles. The van der Waals surface area contributed by atoms with Crippen LogP contribution in [-0.4, -0.2) is 12.5 Å². The van der Waals surface area contributed by atoms with Crippen LogP contribution in [0.3, 0.4) is 0 Å². The van der Waals surface area contributed by atoms with Gasteiger partial charge in [-0.15, -0.1) is 0 Å². The number of halogens is 1. The van der Waals surface area contributed by atoms with E-state index in [0.717, 1.165) is 14.8 Å². The van der Waals surface area contributed by atoms with E-state index in [4.69, 9.17) is 4.74 Å². The zero-order valence-electron chi connectivity index (χ0n) is 11.9. The molecular formula is C17H18INO2. The van der Waals surface area contributed by atoms with Crippen molar-refractivity contribution < 1.29 is 9.53 Å². The number of rotatable bonds is 6. The molecule has 0 amide bonds. The number of carbonyl (C=O) groups is 1. The number of nitrogens with one attached hydrogen (secondary N) is 1. The Balaban J connectivity index is 1.79. The largest absolute Gasteiger partial charge is 0.461 e. The van der Waals surface area contributed by atoms with Gasteiger partial charge < -0.3 is 10.1 Å². The zero-order valence-corrected chi connectivity index (χ0v) is 14.0. The third-order valence-electron chi connectivity index (χ3n) is 3.10. The third kappa shape index (κ3) is 5.04. The zero-order chi connectivity index (χ0) is 15.1. The lowest BCUT2D eigenvalue weighted by Gasteiger charge is -2.14. The Bertz CT molecular complexity index is 586. The summed E-state index contributed by atoms with van der Waals surface area (Å²) in [5.41, 5.74) is 2.05. The highest BCUT2D eigenvalue weighted by Gasteiger charge is 2.14. The number of hydrogen-bond donors (Lipinski definition) is 1. The smallest absolute Gasteiger partial charge is 0.310 e. The lowest BCUT2D eigenvalue weighted by molar-refractivity contribution is -0.148. The van der Waals surface area contributed by atoms with Crippen LogP contribution in [0, 0.1) is 9.49 Å². The molecule has 0 aliphatic rings. The summed E-state index contributed by atoms with van der Waals surface area (Å²) in [6, 6.07) is 17.7. The van der Waals surface area contributed by atoms with E-state index in [1.165, 1.54) is 0 Å². The molecule has 1 N–H and O–H groups in total. The van der Waals surface area contributed by atoms with Crippen molar-refractivity contribution in [2.45, 2.75) is 13.5 Å². The van der Waals surface area contributed by atoms with Crippen LogP contribution in [-0.2, 0) is 16.1 Å². The Morgan fingerprint density at radius 1 is 1.14 bits per heavy atom. The van der Waals surface area contributed by atoms with Crippen LogP contribution in [0.1, 0.15) is 12.5 Å². The summed E-state index contributed by atoms with van der Waals surface area (Å²) in [4.78, 5) is 12.0. The van der Waals surface area contributed by atoms with Gasteiger partial charge in [0.25, 0.3) is 0 Å². The molecule has 0 fully saturated rings. The molecule has 0 bridgehead atoms. The van der Waals surface area contributed by atoms with Gasteiger partial charge >= 0.3 is 5.97 Å². The van der Waals surface area contributed by atoms with Crippen LogP contribution in [0.25, 0.3) is 0 Å². The molecular weight excluding hydrogens is 377 g/mol. The van der Waals surface area contributed by atoms with Crippen molar-refractivity contribution >= 4 is 34.2 Å².